The second-order valence-electron chi connectivity index (χ2n) is 2.66. The Balaban J connectivity index is 3.40. The average Bonchev–Trinajstić information content (AvgIpc) is 2.01. The number of rotatable bonds is 2. The fraction of sp³-hybridized carbons (Fsp3) is 0.250. The smallest absolute Gasteiger partial charge is 0.278 e. The highest BCUT2D eigenvalue weighted by molar-refractivity contribution is 6.67. The lowest BCUT2D eigenvalue weighted by molar-refractivity contribution is 0.107. The number of aromatic amines is 1. The number of aryl methyl sites for hydroxylation is 1. The molecule has 0 spiro atoms. The van der Waals surface area contributed by atoms with Gasteiger partial charge in [-0.1, -0.05) is 0 Å². The summed E-state index contributed by atoms with van der Waals surface area (Å²) in [5, 5.41) is -0.954. The zero-order valence-electron chi connectivity index (χ0n) is 7.11. The number of carbonyl (C=O) groups excluding carboxylic acids is 1. The van der Waals surface area contributed by atoms with Gasteiger partial charge in [-0.05, 0) is 18.5 Å². The molecule has 0 bridgehead atoms. The summed E-state index contributed by atoms with van der Waals surface area (Å²) in [6.45, 7) is 1.34. The zero-order valence-corrected chi connectivity index (χ0v) is 7.86. The van der Waals surface area contributed by atoms with Crippen LogP contribution in [0.5, 0.6) is 0 Å². The van der Waals surface area contributed by atoms with E-state index in [4.69, 9.17) is 11.6 Å². The molecular formula is C8H6ClF2NO2. The first-order valence-corrected chi connectivity index (χ1v) is 4.03. The fourth-order valence-corrected chi connectivity index (χ4v) is 1.31. The van der Waals surface area contributed by atoms with Crippen LogP contribution in [-0.4, -0.2) is 10.2 Å². The molecule has 76 valence electrons. The molecule has 14 heavy (non-hydrogen) atoms. The van der Waals surface area contributed by atoms with Crippen LogP contribution in [0.2, 0.25) is 0 Å². The largest absolute Gasteiger partial charge is 0.357 e. The minimum absolute atomic E-state index is 0.0489. The SMILES string of the molecule is Cc1[nH]c(C(F)F)cc(=O)c1C(=O)Cl. The third-order valence-electron chi connectivity index (χ3n) is 1.67. The molecule has 3 nitrogen and oxygen atoms in total. The summed E-state index contributed by atoms with van der Waals surface area (Å²) in [7, 11) is 0. The van der Waals surface area contributed by atoms with Crippen molar-refractivity contribution in [1.29, 1.82) is 0 Å². The van der Waals surface area contributed by atoms with Crippen LogP contribution in [0.3, 0.4) is 0 Å². The Morgan fingerprint density at radius 3 is 2.50 bits per heavy atom. The molecule has 1 aromatic heterocycles. The fourth-order valence-electron chi connectivity index (χ4n) is 1.08. The van der Waals surface area contributed by atoms with Gasteiger partial charge in [-0.3, -0.25) is 9.59 Å². The molecule has 0 unspecified atom stereocenters. The first-order valence-electron chi connectivity index (χ1n) is 3.65. The molecule has 0 aliphatic rings. The van der Waals surface area contributed by atoms with Gasteiger partial charge < -0.3 is 4.98 Å². The molecule has 0 fully saturated rings. The summed E-state index contributed by atoms with van der Waals surface area (Å²) >= 11 is 5.10. The van der Waals surface area contributed by atoms with Crippen LogP contribution in [0.25, 0.3) is 0 Å². The maximum Gasteiger partial charge on any atom is 0.278 e. The maximum absolute atomic E-state index is 12.2. The second-order valence-corrected chi connectivity index (χ2v) is 3.01. The van der Waals surface area contributed by atoms with Gasteiger partial charge in [-0.25, -0.2) is 8.78 Å². The predicted molar refractivity (Wildman–Crippen MR) is 46.9 cm³/mol. The standard InChI is InChI=1S/C8H6ClF2NO2/c1-3-6(7(9)14)5(13)2-4(12-3)8(10)11/h2,8H,1H3,(H,12,13). The molecule has 0 amide bonds. The molecule has 0 aliphatic heterocycles. The minimum Gasteiger partial charge on any atom is -0.357 e. The van der Waals surface area contributed by atoms with Gasteiger partial charge in [0, 0.05) is 11.8 Å². The van der Waals surface area contributed by atoms with Crippen LogP contribution >= 0.6 is 11.6 Å². The van der Waals surface area contributed by atoms with Crippen molar-refractivity contribution >= 4 is 16.8 Å². The van der Waals surface area contributed by atoms with Crippen LogP contribution in [0.4, 0.5) is 8.78 Å². The number of carbonyl (C=O) groups is 1. The van der Waals surface area contributed by atoms with Gasteiger partial charge in [-0.15, -0.1) is 0 Å². The first kappa shape index (κ1) is 10.8. The van der Waals surface area contributed by atoms with E-state index in [0.717, 1.165) is 0 Å². The van der Waals surface area contributed by atoms with Crippen molar-refractivity contribution in [2.45, 2.75) is 13.3 Å². The number of halogens is 3. The molecule has 1 N–H and O–H groups in total. The van der Waals surface area contributed by atoms with E-state index in [-0.39, 0.29) is 11.3 Å². The monoisotopic (exact) mass is 221 g/mol. The molecule has 1 aromatic rings. The van der Waals surface area contributed by atoms with Crippen LogP contribution < -0.4 is 5.43 Å². The van der Waals surface area contributed by atoms with Gasteiger partial charge in [0.05, 0.1) is 5.69 Å². The number of aromatic nitrogens is 1. The number of hydrogen-bond donors (Lipinski definition) is 1. The summed E-state index contributed by atoms with van der Waals surface area (Å²) in [6.07, 6.45) is -2.78. The van der Waals surface area contributed by atoms with Gasteiger partial charge in [0.15, 0.2) is 5.43 Å². The van der Waals surface area contributed by atoms with Crippen molar-refractivity contribution in [1.82, 2.24) is 4.98 Å². The normalized spacial score (nSPS) is 10.6. The number of pyridine rings is 1. The Morgan fingerprint density at radius 1 is 1.57 bits per heavy atom. The lowest BCUT2D eigenvalue weighted by Gasteiger charge is -2.04. The molecule has 1 heterocycles. The van der Waals surface area contributed by atoms with Gasteiger partial charge in [0.1, 0.15) is 5.56 Å². The van der Waals surface area contributed by atoms with Gasteiger partial charge in [0.25, 0.3) is 11.7 Å². The highest BCUT2D eigenvalue weighted by Crippen LogP contribution is 2.16. The van der Waals surface area contributed by atoms with E-state index in [9.17, 15) is 18.4 Å². The van der Waals surface area contributed by atoms with Gasteiger partial charge >= 0.3 is 0 Å². The zero-order chi connectivity index (χ0) is 10.9. The number of hydrogen-bond acceptors (Lipinski definition) is 2. The molecule has 0 aliphatic carbocycles. The first-order chi connectivity index (χ1) is 6.43. The molecule has 0 saturated heterocycles. The molecule has 1 rings (SSSR count). The van der Waals surface area contributed by atoms with Crippen LogP contribution in [0.1, 0.15) is 28.2 Å². The van der Waals surface area contributed by atoms with Gasteiger partial charge in [0.2, 0.25) is 0 Å². The third-order valence-corrected chi connectivity index (χ3v) is 1.86. The van der Waals surface area contributed by atoms with E-state index in [2.05, 4.69) is 4.98 Å². The predicted octanol–water partition coefficient (Wildman–Crippen LogP) is 2.00. The number of alkyl halides is 2. The van der Waals surface area contributed by atoms with Crippen molar-refractivity contribution in [2.24, 2.45) is 0 Å². The van der Waals surface area contributed by atoms with Crippen molar-refractivity contribution in [2.75, 3.05) is 0 Å². The van der Waals surface area contributed by atoms with Crippen LogP contribution in [-0.2, 0) is 0 Å². The number of H-pyrrole nitrogens is 1. The van der Waals surface area contributed by atoms with Crippen LogP contribution in [0.15, 0.2) is 10.9 Å². The summed E-state index contributed by atoms with van der Waals surface area (Å²) in [5.41, 5.74) is -1.56. The Hall–Kier alpha value is -1.23. The topological polar surface area (TPSA) is 49.9 Å². The van der Waals surface area contributed by atoms with E-state index >= 15 is 0 Å². The van der Waals surface area contributed by atoms with E-state index in [1.165, 1.54) is 6.92 Å². The third kappa shape index (κ3) is 1.98. The summed E-state index contributed by atoms with van der Waals surface area (Å²) < 4.78 is 24.3. The summed E-state index contributed by atoms with van der Waals surface area (Å²) in [6, 6.07) is 0.674. The Labute approximate surface area is 82.7 Å². The minimum atomic E-state index is -2.78. The number of nitrogens with one attached hydrogen (secondary N) is 1. The second kappa shape index (κ2) is 3.88. The van der Waals surface area contributed by atoms with E-state index in [0.29, 0.717) is 6.07 Å². The van der Waals surface area contributed by atoms with Crippen molar-refractivity contribution < 1.29 is 13.6 Å². The molecule has 0 aromatic carbocycles. The molecule has 0 radical (unpaired) electrons. The van der Waals surface area contributed by atoms with Gasteiger partial charge in [-0.2, -0.15) is 0 Å². The molecule has 0 saturated carbocycles. The summed E-state index contributed by atoms with van der Waals surface area (Å²) in [4.78, 5) is 24.1. The van der Waals surface area contributed by atoms with Crippen molar-refractivity contribution in [3.63, 3.8) is 0 Å². The molecule has 0 atom stereocenters. The lowest BCUT2D eigenvalue weighted by Crippen LogP contribution is -2.16. The van der Waals surface area contributed by atoms with Crippen molar-refractivity contribution in [3.05, 3.63) is 33.2 Å². The average molecular weight is 222 g/mol. The lowest BCUT2D eigenvalue weighted by atomic mass is 10.2. The Bertz CT molecular complexity index is 428. The maximum atomic E-state index is 12.2. The van der Waals surface area contributed by atoms with E-state index in [1.54, 1.807) is 0 Å². The Kier molecular flexibility index (Phi) is 3.00. The van der Waals surface area contributed by atoms with Crippen LogP contribution in [0, 0.1) is 6.92 Å². The van der Waals surface area contributed by atoms with Crippen molar-refractivity contribution in [3.8, 4) is 0 Å². The molecular weight excluding hydrogens is 216 g/mol. The van der Waals surface area contributed by atoms with E-state index in [1.807, 2.05) is 0 Å². The Morgan fingerprint density at radius 2 is 2.14 bits per heavy atom. The highest BCUT2D eigenvalue weighted by Gasteiger charge is 2.16. The summed E-state index contributed by atoms with van der Waals surface area (Å²) in [5.74, 6) is 0. The highest BCUT2D eigenvalue weighted by atomic mass is 35.5. The van der Waals surface area contributed by atoms with E-state index < -0.39 is 22.8 Å². The molecule has 6 heteroatoms. The quantitative estimate of drug-likeness (QED) is 0.777.